The highest BCUT2D eigenvalue weighted by molar-refractivity contribution is 5.99. The molecule has 1 atom stereocenters. The lowest BCUT2D eigenvalue weighted by Gasteiger charge is -2.31. The van der Waals surface area contributed by atoms with Crippen molar-refractivity contribution in [3.8, 4) is 11.5 Å². The van der Waals surface area contributed by atoms with Gasteiger partial charge >= 0.3 is 6.03 Å². The summed E-state index contributed by atoms with van der Waals surface area (Å²) < 4.78 is 5.82. The first-order valence-electron chi connectivity index (χ1n) is 13.9. The molecule has 5 heteroatoms. The number of urea groups is 1. The third kappa shape index (κ3) is 8.36. The van der Waals surface area contributed by atoms with Gasteiger partial charge in [0, 0.05) is 17.9 Å². The lowest BCUT2D eigenvalue weighted by Crippen LogP contribution is -2.34. The van der Waals surface area contributed by atoms with E-state index < -0.39 is 0 Å². The second kappa shape index (κ2) is 13.8. The van der Waals surface area contributed by atoms with Gasteiger partial charge in [-0.3, -0.25) is 0 Å². The zero-order valence-electron chi connectivity index (χ0n) is 22.3. The molecule has 0 saturated heterocycles. The monoisotopic (exact) mass is 499 g/mol. The van der Waals surface area contributed by atoms with Gasteiger partial charge in [-0.2, -0.15) is 0 Å². The first kappa shape index (κ1) is 26.7. The Labute approximate surface area is 222 Å². The van der Waals surface area contributed by atoms with Gasteiger partial charge in [-0.15, -0.1) is 0 Å². The normalized spacial score (nSPS) is 14.7. The average molecular weight is 500 g/mol. The Balaban J connectivity index is 1.28. The van der Waals surface area contributed by atoms with Crippen molar-refractivity contribution in [1.82, 2.24) is 4.90 Å². The number of unbranched alkanes of at least 4 members (excludes halogenated alkanes) is 2. The topological polar surface area (TPSA) is 53.6 Å². The van der Waals surface area contributed by atoms with Gasteiger partial charge in [0.05, 0.1) is 0 Å². The highest BCUT2D eigenvalue weighted by Crippen LogP contribution is 2.29. The van der Waals surface area contributed by atoms with E-state index in [4.69, 9.17) is 4.74 Å². The van der Waals surface area contributed by atoms with Crippen molar-refractivity contribution in [3.05, 3.63) is 83.9 Å². The highest BCUT2D eigenvalue weighted by Gasteiger charge is 2.21. The van der Waals surface area contributed by atoms with E-state index >= 15 is 0 Å². The minimum absolute atomic E-state index is 0.243. The van der Waals surface area contributed by atoms with E-state index in [0.29, 0.717) is 0 Å². The van der Waals surface area contributed by atoms with Gasteiger partial charge in [0.2, 0.25) is 0 Å². The van der Waals surface area contributed by atoms with Gasteiger partial charge in [-0.25, -0.2) is 4.79 Å². The number of anilines is 2. The summed E-state index contributed by atoms with van der Waals surface area (Å²) in [6.07, 6.45) is 8.52. The highest BCUT2D eigenvalue weighted by atomic mass is 16.5. The van der Waals surface area contributed by atoms with Crippen LogP contribution in [0.15, 0.2) is 72.8 Å². The largest absolute Gasteiger partial charge is 0.457 e. The minimum Gasteiger partial charge on any atom is -0.457 e. The zero-order chi connectivity index (χ0) is 25.9. The minimum atomic E-state index is -0.243. The number of benzene rings is 3. The molecular weight excluding hydrogens is 458 g/mol. The molecule has 37 heavy (non-hydrogen) atoms. The van der Waals surface area contributed by atoms with Crippen molar-refractivity contribution in [2.45, 2.75) is 58.8 Å². The maximum absolute atomic E-state index is 12.6. The molecule has 3 aromatic carbocycles. The van der Waals surface area contributed by atoms with Crippen LogP contribution in [-0.4, -0.2) is 30.6 Å². The van der Waals surface area contributed by atoms with Crippen molar-refractivity contribution in [3.63, 3.8) is 0 Å². The molecule has 2 N–H and O–H groups in total. The SMILES string of the molecule is CCCCN(CCCC)CC1CCc2cc(NC(=O)Nc3ccc(Oc4ccccc4)cc3)ccc2C1. The molecule has 196 valence electrons. The number of carbonyl (C=O) groups is 1. The number of rotatable bonds is 12. The van der Waals surface area contributed by atoms with Crippen LogP contribution >= 0.6 is 0 Å². The van der Waals surface area contributed by atoms with E-state index in [-0.39, 0.29) is 6.03 Å². The maximum Gasteiger partial charge on any atom is 0.323 e. The molecule has 2 amide bonds. The summed E-state index contributed by atoms with van der Waals surface area (Å²) in [5.41, 5.74) is 4.35. The lowest BCUT2D eigenvalue weighted by atomic mass is 9.83. The molecule has 5 nitrogen and oxygen atoms in total. The Bertz CT molecular complexity index is 1110. The van der Waals surface area contributed by atoms with E-state index in [0.717, 1.165) is 41.6 Å². The zero-order valence-corrected chi connectivity index (χ0v) is 22.3. The molecule has 0 heterocycles. The summed E-state index contributed by atoms with van der Waals surface area (Å²) in [6.45, 7) is 8.20. The van der Waals surface area contributed by atoms with Gasteiger partial charge in [-0.1, -0.05) is 51.0 Å². The molecule has 1 aliphatic rings. The number of carbonyl (C=O) groups excluding carboxylic acids is 1. The number of hydrogen-bond acceptors (Lipinski definition) is 3. The molecule has 0 spiro atoms. The quantitative estimate of drug-likeness (QED) is 0.264. The second-order valence-corrected chi connectivity index (χ2v) is 10.1. The summed E-state index contributed by atoms with van der Waals surface area (Å²) in [5, 5.41) is 5.91. The molecule has 0 bridgehead atoms. The van der Waals surface area contributed by atoms with Crippen LogP contribution in [0.4, 0.5) is 16.2 Å². The Kier molecular flexibility index (Phi) is 10.0. The van der Waals surface area contributed by atoms with Gasteiger partial charge in [0.25, 0.3) is 0 Å². The summed E-state index contributed by atoms with van der Waals surface area (Å²) in [6, 6.07) is 23.2. The number of amides is 2. The molecule has 4 rings (SSSR count). The van der Waals surface area contributed by atoms with Crippen molar-refractivity contribution in [2.75, 3.05) is 30.3 Å². The van der Waals surface area contributed by atoms with Gasteiger partial charge < -0.3 is 20.3 Å². The average Bonchev–Trinajstić information content (AvgIpc) is 2.92. The molecule has 1 unspecified atom stereocenters. The van der Waals surface area contributed by atoms with Gasteiger partial charge in [0.1, 0.15) is 11.5 Å². The third-order valence-corrected chi connectivity index (χ3v) is 7.06. The van der Waals surface area contributed by atoms with Crippen LogP contribution in [0.3, 0.4) is 0 Å². The van der Waals surface area contributed by atoms with Crippen LogP contribution in [0, 0.1) is 5.92 Å². The third-order valence-electron chi connectivity index (χ3n) is 7.06. The molecule has 0 aromatic heterocycles. The number of hydrogen-bond donors (Lipinski definition) is 2. The van der Waals surface area contributed by atoms with Crippen molar-refractivity contribution >= 4 is 17.4 Å². The van der Waals surface area contributed by atoms with E-state index in [2.05, 4.69) is 41.5 Å². The first-order valence-corrected chi connectivity index (χ1v) is 13.9. The summed E-state index contributed by atoms with van der Waals surface area (Å²) >= 11 is 0. The summed E-state index contributed by atoms with van der Waals surface area (Å²) in [5.74, 6) is 2.23. The van der Waals surface area contributed by atoms with Crippen LogP contribution < -0.4 is 15.4 Å². The van der Waals surface area contributed by atoms with Crippen LogP contribution in [0.1, 0.15) is 57.1 Å². The molecule has 3 aromatic rings. The van der Waals surface area contributed by atoms with Crippen molar-refractivity contribution in [2.24, 2.45) is 5.92 Å². The Hall–Kier alpha value is -3.31. The lowest BCUT2D eigenvalue weighted by molar-refractivity contribution is 0.214. The molecular formula is C32H41N3O2. The standard InChI is InChI=1S/C32H41N3O2/c1-3-5-20-35(21-6-4-2)24-25-12-13-27-23-29(15-14-26(27)22-25)34-32(36)33-28-16-18-31(19-17-28)37-30-10-8-7-9-11-30/h7-11,14-19,23,25H,3-6,12-13,20-22,24H2,1-2H3,(H2,33,34,36). The number of nitrogens with zero attached hydrogens (tertiary/aromatic N) is 1. The summed E-state index contributed by atoms with van der Waals surface area (Å²) in [7, 11) is 0. The van der Waals surface area contributed by atoms with Gasteiger partial charge in [-0.05, 0) is 111 Å². The van der Waals surface area contributed by atoms with Crippen LogP contribution in [0.25, 0.3) is 0 Å². The fraction of sp³-hybridized carbons (Fsp3) is 0.406. The van der Waals surface area contributed by atoms with Crippen LogP contribution in [0.5, 0.6) is 11.5 Å². The van der Waals surface area contributed by atoms with E-state index in [1.807, 2.05) is 60.7 Å². The van der Waals surface area contributed by atoms with Crippen molar-refractivity contribution < 1.29 is 9.53 Å². The fourth-order valence-corrected chi connectivity index (χ4v) is 5.01. The molecule has 0 radical (unpaired) electrons. The van der Waals surface area contributed by atoms with Crippen LogP contribution in [0.2, 0.25) is 0 Å². The molecule has 0 aliphatic heterocycles. The predicted octanol–water partition coefficient (Wildman–Crippen LogP) is 8.13. The van der Waals surface area contributed by atoms with Crippen molar-refractivity contribution in [1.29, 1.82) is 0 Å². The first-order chi connectivity index (χ1) is 18.1. The maximum atomic E-state index is 12.6. The number of fused-ring (bicyclic) bond motifs is 1. The van der Waals surface area contributed by atoms with E-state index in [1.165, 1.54) is 62.9 Å². The second-order valence-electron chi connectivity index (χ2n) is 10.1. The Morgan fingerprint density at radius 3 is 2.19 bits per heavy atom. The van der Waals surface area contributed by atoms with E-state index in [9.17, 15) is 4.79 Å². The summed E-state index contributed by atoms with van der Waals surface area (Å²) in [4.78, 5) is 15.3. The number of para-hydroxylation sites is 1. The molecule has 1 aliphatic carbocycles. The predicted molar refractivity (Wildman–Crippen MR) is 154 cm³/mol. The van der Waals surface area contributed by atoms with Crippen LogP contribution in [-0.2, 0) is 12.8 Å². The Morgan fingerprint density at radius 1 is 0.838 bits per heavy atom. The number of nitrogens with one attached hydrogen (secondary N) is 2. The number of aryl methyl sites for hydroxylation is 1. The van der Waals surface area contributed by atoms with E-state index in [1.54, 1.807) is 0 Å². The molecule has 0 saturated carbocycles. The molecule has 0 fully saturated rings. The van der Waals surface area contributed by atoms with Gasteiger partial charge in [0.15, 0.2) is 0 Å². The smallest absolute Gasteiger partial charge is 0.323 e. The Morgan fingerprint density at radius 2 is 1.49 bits per heavy atom. The fourth-order valence-electron chi connectivity index (χ4n) is 5.01. The number of ether oxygens (including phenoxy) is 1.